The van der Waals surface area contributed by atoms with Crippen LogP contribution >= 0.6 is 0 Å². The average molecular weight is 538 g/mol. The monoisotopic (exact) mass is 537 g/mol. The Balaban J connectivity index is 1.54. The molecule has 0 bridgehead atoms. The van der Waals surface area contributed by atoms with Crippen molar-refractivity contribution in [2.75, 3.05) is 0 Å². The molecule has 204 valence electrons. The molecule has 39 heavy (non-hydrogen) atoms. The second-order valence-corrected chi connectivity index (χ2v) is 10.8. The number of hydrogen-bond donors (Lipinski definition) is 4. The van der Waals surface area contributed by atoms with Gasteiger partial charge in [0, 0.05) is 18.4 Å². The summed E-state index contributed by atoms with van der Waals surface area (Å²) < 4.78 is 4.67. The number of aromatic nitrogens is 1. The molecule has 2 saturated carbocycles. The summed E-state index contributed by atoms with van der Waals surface area (Å²) >= 11 is 0. The molecule has 0 radical (unpaired) electrons. The maximum Gasteiger partial charge on any atom is 0.256 e. The van der Waals surface area contributed by atoms with Crippen LogP contribution < -0.4 is 11.1 Å². The van der Waals surface area contributed by atoms with E-state index >= 15 is 0 Å². The molecule has 3 aliphatic rings. The maximum atomic E-state index is 13.8. The summed E-state index contributed by atoms with van der Waals surface area (Å²) in [4.78, 5) is 78.5. The summed E-state index contributed by atoms with van der Waals surface area (Å²) in [7, 11) is 0. The van der Waals surface area contributed by atoms with Crippen LogP contribution in [0.25, 0.3) is 0 Å². The summed E-state index contributed by atoms with van der Waals surface area (Å²) in [6, 6.07) is 2.82. The zero-order valence-electron chi connectivity index (χ0n) is 21.2. The summed E-state index contributed by atoms with van der Waals surface area (Å²) in [6.45, 7) is 3.36. The number of rotatable bonds is 5. The van der Waals surface area contributed by atoms with Gasteiger partial charge in [0.1, 0.15) is 12.0 Å². The molecule has 12 nitrogen and oxygen atoms in total. The van der Waals surface area contributed by atoms with E-state index < -0.39 is 76.1 Å². The third kappa shape index (κ3) is 3.81. The molecular weight excluding hydrogens is 510 g/mol. The largest absolute Gasteiger partial charge is 0.507 e. The molecule has 2 fully saturated rings. The number of nitrogens with two attached hydrogens (primary N) is 1. The van der Waals surface area contributed by atoms with E-state index in [0.717, 1.165) is 0 Å². The van der Waals surface area contributed by atoms with Gasteiger partial charge in [-0.1, -0.05) is 25.1 Å². The number of carbonyl (C=O) groups excluding carboxylic acids is 6. The van der Waals surface area contributed by atoms with Crippen molar-refractivity contribution in [3.63, 3.8) is 0 Å². The Hall–Kier alpha value is -4.19. The van der Waals surface area contributed by atoms with Crippen LogP contribution in [0.3, 0.4) is 0 Å². The fraction of sp³-hybridized carbons (Fsp3) is 0.444. The first-order valence-electron chi connectivity index (χ1n) is 12.6. The van der Waals surface area contributed by atoms with Gasteiger partial charge in [0.25, 0.3) is 5.91 Å². The lowest BCUT2D eigenvalue weighted by molar-refractivity contribution is -0.182. The van der Waals surface area contributed by atoms with Gasteiger partial charge in [0.05, 0.1) is 23.2 Å². The molecule has 0 saturated heterocycles. The van der Waals surface area contributed by atoms with Gasteiger partial charge in [-0.15, -0.1) is 0 Å². The molecule has 0 spiro atoms. The van der Waals surface area contributed by atoms with E-state index in [1.54, 1.807) is 19.9 Å². The van der Waals surface area contributed by atoms with Gasteiger partial charge in [-0.25, -0.2) is 0 Å². The van der Waals surface area contributed by atoms with E-state index in [-0.39, 0.29) is 36.3 Å². The van der Waals surface area contributed by atoms with E-state index in [2.05, 4.69) is 15.0 Å². The fourth-order valence-electron chi connectivity index (χ4n) is 6.68. The number of nitrogens with zero attached hydrogens (tertiary/aromatic N) is 1. The van der Waals surface area contributed by atoms with Crippen LogP contribution in [-0.4, -0.2) is 55.9 Å². The predicted molar refractivity (Wildman–Crippen MR) is 130 cm³/mol. The first-order chi connectivity index (χ1) is 18.4. The topological polar surface area (TPSA) is 207 Å². The van der Waals surface area contributed by atoms with Crippen molar-refractivity contribution < 1.29 is 43.5 Å². The van der Waals surface area contributed by atoms with E-state index in [9.17, 15) is 39.0 Å². The van der Waals surface area contributed by atoms with Crippen LogP contribution in [-0.2, 0) is 32.1 Å². The van der Waals surface area contributed by atoms with Gasteiger partial charge in [-0.05, 0) is 41.9 Å². The Morgan fingerprint density at radius 3 is 2.54 bits per heavy atom. The summed E-state index contributed by atoms with van der Waals surface area (Å²) in [5, 5.41) is 28.4. The number of phenolic OH excluding ortho intramolecular Hbond substituents is 1. The standard InChI is InChI=1S/C27H27N3O9/c1-10(2)17-15-6-12-5-14-11(7-29-26(37)13-8-30-39-9-13)3-4-16(31)19(14)22(33)18(12)23(34)27(15,38)24(35)20(21(17)32)25(28)36/h3-4,8-10,12,15,17-18,20,31,38H,5-7H2,1-2H3,(H2,28,36)(H,29,37)/t12-,15-,17-,18?,20?,27-/m0/s1. The number of aromatic hydroxyl groups is 1. The van der Waals surface area contributed by atoms with Gasteiger partial charge in [-0.2, -0.15) is 0 Å². The minimum Gasteiger partial charge on any atom is -0.507 e. The summed E-state index contributed by atoms with van der Waals surface area (Å²) in [5.41, 5.74) is 3.61. The van der Waals surface area contributed by atoms with Gasteiger partial charge >= 0.3 is 0 Å². The molecule has 2 unspecified atom stereocenters. The molecular formula is C27H27N3O9. The zero-order chi connectivity index (χ0) is 28.4. The molecule has 6 atom stereocenters. The van der Waals surface area contributed by atoms with Crippen LogP contribution in [0.2, 0.25) is 0 Å². The van der Waals surface area contributed by atoms with Crippen LogP contribution in [0.4, 0.5) is 0 Å². The van der Waals surface area contributed by atoms with Crippen LogP contribution in [0.1, 0.15) is 52.1 Å². The van der Waals surface area contributed by atoms with Crippen molar-refractivity contribution in [1.82, 2.24) is 10.5 Å². The van der Waals surface area contributed by atoms with Crippen LogP contribution in [0.5, 0.6) is 5.75 Å². The second-order valence-electron chi connectivity index (χ2n) is 10.8. The molecule has 0 aliphatic heterocycles. The smallest absolute Gasteiger partial charge is 0.256 e. The number of fused-ring (bicyclic) bond motifs is 3. The van der Waals surface area contributed by atoms with Gasteiger partial charge in [0.2, 0.25) is 5.91 Å². The van der Waals surface area contributed by atoms with Crippen molar-refractivity contribution in [1.29, 1.82) is 0 Å². The Morgan fingerprint density at radius 1 is 1.21 bits per heavy atom. The Kier molecular flexibility index (Phi) is 6.25. The Morgan fingerprint density at radius 2 is 1.92 bits per heavy atom. The molecule has 1 heterocycles. The lowest BCUT2D eigenvalue weighted by Crippen LogP contribution is -2.71. The fourth-order valence-corrected chi connectivity index (χ4v) is 6.68. The number of nitrogens with one attached hydrogen (secondary N) is 1. The quantitative estimate of drug-likeness (QED) is 0.379. The third-order valence-electron chi connectivity index (χ3n) is 8.43. The molecule has 2 aromatic rings. The SMILES string of the molecule is CC(C)[C@@H]1C(=O)C(C(N)=O)C(=O)[C@@]2(O)C(=O)C3C(=O)c4c(O)ccc(CNC(=O)c5cnoc5)c4C[C@H]3C[C@@H]12. The van der Waals surface area contributed by atoms with Crippen molar-refractivity contribution >= 4 is 34.9 Å². The highest BCUT2D eigenvalue weighted by Crippen LogP contribution is 2.53. The summed E-state index contributed by atoms with van der Waals surface area (Å²) in [6.07, 6.45) is 2.51. The molecule has 1 aromatic carbocycles. The molecule has 3 aliphatic carbocycles. The first-order valence-corrected chi connectivity index (χ1v) is 12.6. The lowest BCUT2D eigenvalue weighted by Gasteiger charge is -2.52. The van der Waals surface area contributed by atoms with Gasteiger partial charge in [0.15, 0.2) is 34.7 Å². The number of amides is 2. The number of benzene rings is 1. The van der Waals surface area contributed by atoms with Gasteiger partial charge < -0.3 is 25.8 Å². The number of ketones is 4. The minimum absolute atomic E-state index is 0.00944. The van der Waals surface area contributed by atoms with E-state index in [0.29, 0.717) is 11.1 Å². The van der Waals surface area contributed by atoms with E-state index in [1.807, 2.05) is 0 Å². The number of carbonyl (C=O) groups is 6. The van der Waals surface area contributed by atoms with E-state index in [4.69, 9.17) is 5.73 Å². The summed E-state index contributed by atoms with van der Waals surface area (Å²) in [5.74, 6) is -12.7. The maximum absolute atomic E-state index is 13.8. The van der Waals surface area contributed by atoms with Crippen LogP contribution in [0.15, 0.2) is 29.1 Å². The highest BCUT2D eigenvalue weighted by molar-refractivity contribution is 6.31. The number of phenols is 1. The molecule has 5 rings (SSSR count). The van der Waals surface area contributed by atoms with E-state index in [1.165, 1.54) is 18.5 Å². The molecule has 1 aromatic heterocycles. The molecule has 12 heteroatoms. The van der Waals surface area contributed by atoms with Gasteiger partial charge in [-0.3, -0.25) is 28.8 Å². The van der Waals surface area contributed by atoms with Crippen molar-refractivity contribution in [2.24, 2.45) is 41.2 Å². The molecule has 2 amide bonds. The average Bonchev–Trinajstić information content (AvgIpc) is 3.40. The third-order valence-corrected chi connectivity index (χ3v) is 8.43. The van der Waals surface area contributed by atoms with Crippen LogP contribution in [0, 0.1) is 35.5 Å². The number of primary amides is 1. The van der Waals surface area contributed by atoms with Crippen molar-refractivity contribution in [2.45, 2.75) is 38.8 Å². The highest BCUT2D eigenvalue weighted by Gasteiger charge is 2.69. The van der Waals surface area contributed by atoms with Crippen molar-refractivity contribution in [3.8, 4) is 5.75 Å². The zero-order valence-corrected chi connectivity index (χ0v) is 21.2. The van der Waals surface area contributed by atoms with Crippen molar-refractivity contribution in [3.05, 3.63) is 46.8 Å². The Bertz CT molecular complexity index is 1430. The Labute approximate surface area is 221 Å². The lowest BCUT2D eigenvalue weighted by atomic mass is 9.49. The first kappa shape index (κ1) is 26.4. The number of aliphatic hydroxyl groups is 1. The highest BCUT2D eigenvalue weighted by atomic mass is 16.5. The predicted octanol–water partition coefficient (Wildman–Crippen LogP) is 0.127. The minimum atomic E-state index is -2.74. The molecule has 5 N–H and O–H groups in total. The number of Topliss-reactive ketones (excluding diaryl/α,β-unsaturated/α-hetero) is 4. The normalized spacial score (nSPS) is 30.0. The second kappa shape index (κ2) is 9.23. The number of hydrogen-bond acceptors (Lipinski definition) is 10.